The maximum Gasteiger partial charge on any atom is 0.317 e. The van der Waals surface area contributed by atoms with E-state index in [-0.39, 0.29) is 46.3 Å². The Labute approximate surface area is 263 Å². The number of rotatable bonds is 6. The average molecular weight is 654 g/mol. The molecule has 2 N–H and O–H groups in total. The molecule has 2 fully saturated rings. The highest BCUT2D eigenvalue weighted by molar-refractivity contribution is 7.88. The van der Waals surface area contributed by atoms with E-state index in [0.29, 0.717) is 48.7 Å². The standard InChI is InChI=1S/C31H39Cl2FN4O4S/c1-30(2,3)17-20-18-38(29(40)35-13-10-19-11-14-37(15-12-19)43(4,41)42)27(22-6-5-7-24(33)26(22)34)31(20)23-9-8-21(32)16-25(23)36-28(31)39/h5-9,16,19-20,27H,10-15,17-18H2,1-4H3,(H,35,40)(H,36,39)/t20?,27?,31-/m0/s1. The zero-order valence-electron chi connectivity index (χ0n) is 24.9. The molecule has 2 aromatic rings. The fraction of sp³-hybridized carbons (Fsp3) is 0.548. The van der Waals surface area contributed by atoms with Gasteiger partial charge in [-0.3, -0.25) is 4.79 Å². The molecule has 2 aromatic carbocycles. The summed E-state index contributed by atoms with van der Waals surface area (Å²) in [5.74, 6) is -1.01. The van der Waals surface area contributed by atoms with Crippen LogP contribution in [0.25, 0.3) is 0 Å². The maximum absolute atomic E-state index is 15.9. The Morgan fingerprint density at radius 3 is 2.51 bits per heavy atom. The van der Waals surface area contributed by atoms with Crippen LogP contribution in [0.2, 0.25) is 10.0 Å². The highest BCUT2D eigenvalue weighted by atomic mass is 35.5. The molecule has 0 saturated carbocycles. The molecule has 0 radical (unpaired) electrons. The smallest absolute Gasteiger partial charge is 0.317 e. The van der Waals surface area contributed by atoms with E-state index in [1.165, 1.54) is 16.6 Å². The van der Waals surface area contributed by atoms with Crippen molar-refractivity contribution in [2.45, 2.75) is 57.9 Å². The second-order valence-electron chi connectivity index (χ2n) is 13.3. The van der Waals surface area contributed by atoms with Crippen molar-refractivity contribution in [3.8, 4) is 0 Å². The van der Waals surface area contributed by atoms with Gasteiger partial charge >= 0.3 is 6.03 Å². The van der Waals surface area contributed by atoms with E-state index in [9.17, 15) is 18.0 Å². The molecule has 234 valence electrons. The van der Waals surface area contributed by atoms with Crippen molar-refractivity contribution in [2.75, 3.05) is 37.8 Å². The lowest BCUT2D eigenvalue weighted by molar-refractivity contribution is -0.123. The minimum Gasteiger partial charge on any atom is -0.338 e. The van der Waals surface area contributed by atoms with Crippen LogP contribution < -0.4 is 10.6 Å². The second-order valence-corrected chi connectivity index (χ2v) is 16.1. The van der Waals surface area contributed by atoms with E-state index in [0.717, 1.165) is 12.8 Å². The van der Waals surface area contributed by atoms with Gasteiger partial charge in [-0.05, 0) is 66.7 Å². The lowest BCUT2D eigenvalue weighted by Crippen LogP contribution is -2.48. The van der Waals surface area contributed by atoms with E-state index in [1.54, 1.807) is 29.2 Å². The number of piperidine rings is 1. The minimum atomic E-state index is -3.21. The number of nitrogens with zero attached hydrogens (tertiary/aromatic N) is 2. The number of carbonyl (C=O) groups is 2. The molecule has 5 rings (SSSR count). The molecule has 2 saturated heterocycles. The zero-order valence-corrected chi connectivity index (χ0v) is 27.3. The summed E-state index contributed by atoms with van der Waals surface area (Å²) < 4.78 is 41.1. The first-order valence-corrected chi connectivity index (χ1v) is 17.3. The molecule has 0 aromatic heterocycles. The molecule has 3 aliphatic heterocycles. The van der Waals surface area contributed by atoms with Gasteiger partial charge in [0.2, 0.25) is 15.9 Å². The third-order valence-electron chi connectivity index (χ3n) is 9.12. The number of hydrogen-bond donors (Lipinski definition) is 2. The second kappa shape index (κ2) is 11.8. The van der Waals surface area contributed by atoms with Crippen molar-refractivity contribution < 1.29 is 22.4 Å². The molecule has 0 bridgehead atoms. The maximum atomic E-state index is 15.9. The van der Waals surface area contributed by atoms with Crippen LogP contribution in [-0.4, -0.2) is 62.0 Å². The molecule has 12 heteroatoms. The van der Waals surface area contributed by atoms with Crippen molar-refractivity contribution >= 4 is 50.9 Å². The first-order chi connectivity index (χ1) is 20.1. The average Bonchev–Trinajstić information content (AvgIpc) is 3.39. The lowest BCUT2D eigenvalue weighted by Gasteiger charge is -2.38. The quantitative estimate of drug-likeness (QED) is 0.388. The largest absolute Gasteiger partial charge is 0.338 e. The fourth-order valence-electron chi connectivity index (χ4n) is 7.29. The minimum absolute atomic E-state index is 0.0811. The topological polar surface area (TPSA) is 98.8 Å². The third kappa shape index (κ3) is 6.13. The first kappa shape index (κ1) is 32.0. The van der Waals surface area contributed by atoms with Crippen molar-refractivity contribution in [1.82, 2.24) is 14.5 Å². The molecule has 3 aliphatic rings. The first-order valence-electron chi connectivity index (χ1n) is 14.7. The van der Waals surface area contributed by atoms with E-state index >= 15 is 4.39 Å². The van der Waals surface area contributed by atoms with Gasteiger partial charge < -0.3 is 15.5 Å². The number of amides is 3. The molecule has 43 heavy (non-hydrogen) atoms. The Bertz CT molecular complexity index is 1520. The summed E-state index contributed by atoms with van der Waals surface area (Å²) in [5, 5.41) is 6.41. The third-order valence-corrected chi connectivity index (χ3v) is 11.0. The summed E-state index contributed by atoms with van der Waals surface area (Å²) in [7, 11) is -3.21. The molecular formula is C31H39Cl2FN4O4S. The molecule has 1 spiro atoms. The molecule has 3 amide bonds. The van der Waals surface area contributed by atoms with E-state index in [4.69, 9.17) is 23.2 Å². The van der Waals surface area contributed by atoms with Gasteiger partial charge in [0.25, 0.3) is 0 Å². The number of hydrogen-bond acceptors (Lipinski definition) is 4. The molecule has 3 atom stereocenters. The number of likely N-dealkylation sites (tertiary alicyclic amines) is 1. The van der Waals surface area contributed by atoms with Gasteiger partial charge in [-0.1, -0.05) is 62.2 Å². The molecule has 3 heterocycles. The Kier molecular flexibility index (Phi) is 8.81. The summed E-state index contributed by atoms with van der Waals surface area (Å²) in [5.41, 5.74) is -0.0305. The van der Waals surface area contributed by atoms with Gasteiger partial charge in [-0.15, -0.1) is 0 Å². The molecular weight excluding hydrogens is 614 g/mol. The predicted octanol–water partition coefficient (Wildman–Crippen LogP) is 6.20. The summed E-state index contributed by atoms with van der Waals surface area (Å²) in [4.78, 5) is 29.8. The Hall–Kier alpha value is -2.40. The van der Waals surface area contributed by atoms with Gasteiger partial charge in [0, 0.05) is 42.5 Å². The number of carbonyl (C=O) groups excluding carboxylic acids is 2. The number of fused-ring (bicyclic) bond motifs is 2. The van der Waals surface area contributed by atoms with Gasteiger partial charge in [0.15, 0.2) is 0 Å². The number of anilines is 1. The summed E-state index contributed by atoms with van der Waals surface area (Å²) in [6.45, 7) is 7.81. The van der Waals surface area contributed by atoms with Crippen molar-refractivity contribution in [1.29, 1.82) is 0 Å². The number of nitrogens with one attached hydrogen (secondary N) is 2. The highest BCUT2D eigenvalue weighted by Crippen LogP contribution is 2.60. The lowest BCUT2D eigenvalue weighted by atomic mass is 9.63. The highest BCUT2D eigenvalue weighted by Gasteiger charge is 2.65. The van der Waals surface area contributed by atoms with E-state index in [1.807, 2.05) is 6.07 Å². The van der Waals surface area contributed by atoms with Crippen LogP contribution >= 0.6 is 23.2 Å². The van der Waals surface area contributed by atoms with Crippen LogP contribution in [-0.2, 0) is 20.2 Å². The molecule has 0 aliphatic carbocycles. The van der Waals surface area contributed by atoms with Gasteiger partial charge in [-0.2, -0.15) is 0 Å². The van der Waals surface area contributed by atoms with Gasteiger partial charge in [0.1, 0.15) is 11.2 Å². The van der Waals surface area contributed by atoms with Crippen molar-refractivity contribution in [2.24, 2.45) is 17.3 Å². The SMILES string of the molecule is CC(C)(C)CC1CN(C(=O)NCCC2CCN(S(C)(=O)=O)CC2)C(c2cccc(Cl)c2F)[C@]12C(=O)Nc1cc(Cl)ccc12. The number of benzene rings is 2. The molecule has 2 unspecified atom stereocenters. The van der Waals surface area contributed by atoms with Gasteiger partial charge in [0.05, 0.1) is 17.3 Å². The Balaban J connectivity index is 1.48. The van der Waals surface area contributed by atoms with E-state index < -0.39 is 27.3 Å². The number of urea groups is 1. The van der Waals surface area contributed by atoms with Crippen LogP contribution in [0.15, 0.2) is 36.4 Å². The summed E-state index contributed by atoms with van der Waals surface area (Å²) >= 11 is 12.6. The van der Waals surface area contributed by atoms with Gasteiger partial charge in [-0.25, -0.2) is 21.9 Å². The summed E-state index contributed by atoms with van der Waals surface area (Å²) in [6.07, 6.45) is 3.95. The monoisotopic (exact) mass is 652 g/mol. The Morgan fingerprint density at radius 1 is 1.16 bits per heavy atom. The van der Waals surface area contributed by atoms with Crippen LogP contribution in [0.3, 0.4) is 0 Å². The predicted molar refractivity (Wildman–Crippen MR) is 167 cm³/mol. The van der Waals surface area contributed by atoms with Crippen molar-refractivity contribution in [3.63, 3.8) is 0 Å². The Morgan fingerprint density at radius 2 is 1.86 bits per heavy atom. The van der Waals surface area contributed by atoms with Crippen molar-refractivity contribution in [3.05, 3.63) is 63.4 Å². The van der Waals surface area contributed by atoms with Crippen LogP contribution in [0.4, 0.5) is 14.9 Å². The normalized spacial score (nSPS) is 24.8. The molecule has 8 nitrogen and oxygen atoms in total. The fourth-order valence-corrected chi connectivity index (χ4v) is 8.51. The van der Waals surface area contributed by atoms with Crippen LogP contribution in [0.5, 0.6) is 0 Å². The number of halogens is 3. The summed E-state index contributed by atoms with van der Waals surface area (Å²) in [6, 6.07) is 8.58. The zero-order chi connectivity index (χ0) is 31.3. The van der Waals surface area contributed by atoms with Crippen LogP contribution in [0, 0.1) is 23.1 Å². The van der Waals surface area contributed by atoms with E-state index in [2.05, 4.69) is 31.4 Å². The number of sulfonamides is 1. The van der Waals surface area contributed by atoms with Crippen LogP contribution in [0.1, 0.15) is 63.6 Å².